The number of aromatic amines is 1. The maximum absolute atomic E-state index is 12.0. The van der Waals surface area contributed by atoms with Crippen LogP contribution < -0.4 is 11.3 Å². The molecule has 5 nitrogen and oxygen atoms in total. The predicted octanol–water partition coefficient (Wildman–Crippen LogP) is 1.93. The molecule has 3 N–H and O–H groups in total. The molecule has 0 aromatic carbocycles. The van der Waals surface area contributed by atoms with Crippen molar-refractivity contribution < 1.29 is 0 Å². The maximum Gasteiger partial charge on any atom is 0.256 e. The first-order valence-corrected chi connectivity index (χ1v) is 6.49. The van der Waals surface area contributed by atoms with Crippen LogP contribution in [0.15, 0.2) is 23.3 Å². The summed E-state index contributed by atoms with van der Waals surface area (Å²) in [4.78, 5) is 23.3. The first-order valence-electron chi connectivity index (χ1n) is 6.49. The smallest absolute Gasteiger partial charge is 0.256 e. The first kappa shape index (κ1) is 13.3. The van der Waals surface area contributed by atoms with Crippen LogP contribution in [0.4, 0.5) is 5.82 Å². The van der Waals surface area contributed by atoms with Crippen molar-refractivity contribution in [3.8, 4) is 11.4 Å². The summed E-state index contributed by atoms with van der Waals surface area (Å²) < 4.78 is 0. The number of nitrogens with zero attached hydrogens (tertiary/aromatic N) is 2. The lowest BCUT2D eigenvalue weighted by Crippen LogP contribution is -2.18. The van der Waals surface area contributed by atoms with Gasteiger partial charge in [0.1, 0.15) is 11.6 Å². The lowest BCUT2D eigenvalue weighted by Gasteiger charge is -2.09. The van der Waals surface area contributed by atoms with E-state index < -0.39 is 0 Å². The zero-order valence-corrected chi connectivity index (χ0v) is 11.2. The Kier molecular flexibility index (Phi) is 3.94. The molecule has 2 rings (SSSR count). The highest BCUT2D eigenvalue weighted by atomic mass is 16.1. The third-order valence-electron chi connectivity index (χ3n) is 3.09. The van der Waals surface area contributed by atoms with Gasteiger partial charge in [0.2, 0.25) is 0 Å². The lowest BCUT2D eigenvalue weighted by molar-refractivity contribution is 0.891. The second-order valence-electron chi connectivity index (χ2n) is 4.41. The molecule has 0 spiro atoms. The number of aromatic nitrogens is 3. The Morgan fingerprint density at radius 2 is 2.16 bits per heavy atom. The fraction of sp³-hybridized carbons (Fsp3) is 0.357. The van der Waals surface area contributed by atoms with Crippen molar-refractivity contribution in [1.82, 2.24) is 15.0 Å². The molecule has 2 heterocycles. The van der Waals surface area contributed by atoms with Gasteiger partial charge >= 0.3 is 0 Å². The van der Waals surface area contributed by atoms with E-state index in [9.17, 15) is 4.79 Å². The van der Waals surface area contributed by atoms with Gasteiger partial charge in [-0.3, -0.25) is 9.78 Å². The molecule has 0 saturated carbocycles. The van der Waals surface area contributed by atoms with Gasteiger partial charge in [-0.2, -0.15) is 0 Å². The quantitative estimate of drug-likeness (QED) is 0.877. The van der Waals surface area contributed by atoms with Crippen molar-refractivity contribution in [3.05, 3.63) is 39.9 Å². The minimum absolute atomic E-state index is 0.150. The van der Waals surface area contributed by atoms with Crippen molar-refractivity contribution >= 4 is 5.82 Å². The first-order chi connectivity index (χ1) is 9.17. The fourth-order valence-electron chi connectivity index (χ4n) is 2.07. The Hall–Kier alpha value is -2.17. The zero-order chi connectivity index (χ0) is 13.8. The largest absolute Gasteiger partial charge is 0.383 e. The monoisotopic (exact) mass is 258 g/mol. The van der Waals surface area contributed by atoms with Crippen LogP contribution in [0.3, 0.4) is 0 Å². The molecule has 0 unspecified atom stereocenters. The lowest BCUT2D eigenvalue weighted by atomic mass is 10.1. The minimum atomic E-state index is -0.150. The molecule has 0 radical (unpaired) electrons. The SMILES string of the molecule is CCCc1c(N)nc(-c2ccncc2CC)[nH]c1=O. The Balaban J connectivity index is 2.55. The van der Waals surface area contributed by atoms with E-state index in [4.69, 9.17) is 5.73 Å². The summed E-state index contributed by atoms with van der Waals surface area (Å²) in [5.74, 6) is 0.834. The van der Waals surface area contributed by atoms with Crippen LogP contribution in [0, 0.1) is 0 Å². The van der Waals surface area contributed by atoms with E-state index in [1.165, 1.54) is 0 Å². The van der Waals surface area contributed by atoms with E-state index in [1.54, 1.807) is 12.4 Å². The van der Waals surface area contributed by atoms with E-state index in [0.29, 0.717) is 23.6 Å². The number of H-pyrrole nitrogens is 1. The number of hydrogen-bond donors (Lipinski definition) is 2. The van der Waals surface area contributed by atoms with Gasteiger partial charge in [-0.05, 0) is 24.5 Å². The van der Waals surface area contributed by atoms with Crippen molar-refractivity contribution in [2.45, 2.75) is 33.1 Å². The normalized spacial score (nSPS) is 10.6. The summed E-state index contributed by atoms with van der Waals surface area (Å²) >= 11 is 0. The van der Waals surface area contributed by atoms with E-state index in [1.807, 2.05) is 19.9 Å². The Morgan fingerprint density at radius 3 is 2.79 bits per heavy atom. The summed E-state index contributed by atoms with van der Waals surface area (Å²) in [6.07, 6.45) is 5.80. The number of nitrogens with two attached hydrogens (primary N) is 1. The van der Waals surface area contributed by atoms with Crippen molar-refractivity contribution in [1.29, 1.82) is 0 Å². The van der Waals surface area contributed by atoms with Crippen LogP contribution in [-0.2, 0) is 12.8 Å². The highest BCUT2D eigenvalue weighted by Gasteiger charge is 2.11. The van der Waals surface area contributed by atoms with Gasteiger partial charge in [-0.15, -0.1) is 0 Å². The number of hydrogen-bond acceptors (Lipinski definition) is 4. The summed E-state index contributed by atoms with van der Waals surface area (Å²) in [6, 6.07) is 1.84. The van der Waals surface area contributed by atoms with Crippen LogP contribution in [0.5, 0.6) is 0 Å². The summed E-state index contributed by atoms with van der Waals surface area (Å²) in [6.45, 7) is 4.04. The number of rotatable bonds is 4. The fourth-order valence-corrected chi connectivity index (χ4v) is 2.07. The highest BCUT2D eigenvalue weighted by molar-refractivity contribution is 5.61. The third-order valence-corrected chi connectivity index (χ3v) is 3.09. The Bertz CT molecular complexity index is 634. The van der Waals surface area contributed by atoms with Crippen molar-refractivity contribution in [2.24, 2.45) is 0 Å². The maximum atomic E-state index is 12.0. The molecule has 2 aromatic rings. The van der Waals surface area contributed by atoms with Crippen molar-refractivity contribution in [3.63, 3.8) is 0 Å². The molecule has 0 aliphatic carbocycles. The van der Waals surface area contributed by atoms with Crippen LogP contribution in [0.2, 0.25) is 0 Å². The van der Waals surface area contributed by atoms with Crippen LogP contribution in [0.1, 0.15) is 31.4 Å². The van der Waals surface area contributed by atoms with Gasteiger partial charge in [0.05, 0.1) is 5.56 Å². The van der Waals surface area contributed by atoms with Crippen LogP contribution >= 0.6 is 0 Å². The summed E-state index contributed by atoms with van der Waals surface area (Å²) in [7, 11) is 0. The third kappa shape index (κ3) is 2.65. The summed E-state index contributed by atoms with van der Waals surface area (Å²) in [5.41, 5.74) is 8.22. The molecule has 19 heavy (non-hydrogen) atoms. The van der Waals surface area contributed by atoms with Gasteiger partial charge in [-0.25, -0.2) is 4.98 Å². The molecule has 0 aliphatic heterocycles. The molecule has 0 saturated heterocycles. The molecule has 0 fully saturated rings. The molecule has 0 amide bonds. The number of nitrogens with one attached hydrogen (secondary N) is 1. The van der Waals surface area contributed by atoms with Gasteiger partial charge in [0.15, 0.2) is 0 Å². The van der Waals surface area contributed by atoms with E-state index >= 15 is 0 Å². The van der Waals surface area contributed by atoms with Gasteiger partial charge < -0.3 is 10.7 Å². The molecule has 5 heteroatoms. The summed E-state index contributed by atoms with van der Waals surface area (Å²) in [5, 5.41) is 0. The second kappa shape index (κ2) is 5.65. The Morgan fingerprint density at radius 1 is 1.37 bits per heavy atom. The number of aryl methyl sites for hydroxylation is 1. The molecule has 0 bridgehead atoms. The molecule has 0 atom stereocenters. The van der Waals surface area contributed by atoms with Crippen LogP contribution in [-0.4, -0.2) is 15.0 Å². The van der Waals surface area contributed by atoms with E-state index in [2.05, 4.69) is 15.0 Å². The zero-order valence-electron chi connectivity index (χ0n) is 11.2. The number of pyridine rings is 1. The highest BCUT2D eigenvalue weighted by Crippen LogP contribution is 2.20. The molecular formula is C14H18N4O. The Labute approximate surface area is 111 Å². The minimum Gasteiger partial charge on any atom is -0.383 e. The van der Waals surface area contributed by atoms with Gasteiger partial charge in [-0.1, -0.05) is 20.3 Å². The van der Waals surface area contributed by atoms with Crippen LogP contribution in [0.25, 0.3) is 11.4 Å². The second-order valence-corrected chi connectivity index (χ2v) is 4.41. The van der Waals surface area contributed by atoms with Gasteiger partial charge in [0.25, 0.3) is 5.56 Å². The van der Waals surface area contributed by atoms with Crippen molar-refractivity contribution in [2.75, 3.05) is 5.73 Å². The number of anilines is 1. The van der Waals surface area contributed by atoms with E-state index in [-0.39, 0.29) is 5.56 Å². The molecule has 0 aliphatic rings. The standard InChI is InChI=1S/C14H18N4O/c1-3-5-11-12(15)17-13(18-14(11)19)10-6-7-16-8-9(10)4-2/h6-8H,3-5H2,1-2H3,(H3,15,17,18,19). The predicted molar refractivity (Wildman–Crippen MR) is 75.9 cm³/mol. The molecule has 100 valence electrons. The molecular weight excluding hydrogens is 240 g/mol. The average Bonchev–Trinajstić information content (AvgIpc) is 2.42. The number of nitrogen functional groups attached to an aromatic ring is 1. The van der Waals surface area contributed by atoms with E-state index in [0.717, 1.165) is 24.0 Å². The average molecular weight is 258 g/mol. The topological polar surface area (TPSA) is 84.7 Å². The molecule has 2 aromatic heterocycles. The van der Waals surface area contributed by atoms with Gasteiger partial charge in [0, 0.05) is 18.0 Å².